The first-order chi connectivity index (χ1) is 4.43. The minimum Gasteiger partial charge on any atom is -0.466 e. The Kier molecular flexibility index (Phi) is 2.51. The molecule has 0 aromatic heterocycles. The van der Waals surface area contributed by atoms with Crippen molar-refractivity contribution in [3.8, 4) is 0 Å². The summed E-state index contributed by atoms with van der Waals surface area (Å²) in [7, 11) is 0. The van der Waals surface area contributed by atoms with Gasteiger partial charge in [0.2, 0.25) is 0 Å². The highest BCUT2D eigenvalue weighted by Gasteiger charge is 2.13. The summed E-state index contributed by atoms with van der Waals surface area (Å²) < 4.78 is 4.57. The van der Waals surface area contributed by atoms with Gasteiger partial charge in [0.15, 0.2) is 0 Å². The summed E-state index contributed by atoms with van der Waals surface area (Å²) in [4.78, 5) is 9.71. The lowest BCUT2D eigenvalue weighted by molar-refractivity contribution is -0.129. The normalized spacial score (nSPS) is 26.0. The van der Waals surface area contributed by atoms with Gasteiger partial charge in [-0.05, 0) is 19.4 Å². The second kappa shape index (κ2) is 3.45. The molecule has 0 aromatic rings. The van der Waals surface area contributed by atoms with E-state index in [9.17, 15) is 4.79 Å². The maximum atomic E-state index is 9.71. The van der Waals surface area contributed by atoms with Crippen molar-refractivity contribution in [2.24, 2.45) is 0 Å². The van der Waals surface area contributed by atoms with Crippen LogP contribution in [0.25, 0.3) is 0 Å². The predicted octanol–water partition coefficient (Wildman–Crippen LogP) is -0.0886. The van der Waals surface area contributed by atoms with Gasteiger partial charge in [-0.15, -0.1) is 0 Å². The standard InChI is InChI=1S/C6H11NO2/c8-5-9-4-6-2-1-3-7-6/h5-7H,1-4H2/t6-/m0/s1. The average molecular weight is 129 g/mol. The lowest BCUT2D eigenvalue weighted by Crippen LogP contribution is -2.26. The van der Waals surface area contributed by atoms with E-state index in [0.29, 0.717) is 19.1 Å². The van der Waals surface area contributed by atoms with Crippen molar-refractivity contribution in [2.75, 3.05) is 13.2 Å². The molecule has 0 aliphatic carbocycles. The molecule has 1 atom stereocenters. The Balaban J connectivity index is 2.04. The summed E-state index contributed by atoms with van der Waals surface area (Å²) in [6.07, 6.45) is 2.33. The number of carbonyl (C=O) groups is 1. The van der Waals surface area contributed by atoms with Gasteiger partial charge in [0.25, 0.3) is 6.47 Å². The molecule has 0 spiro atoms. The van der Waals surface area contributed by atoms with Gasteiger partial charge in [-0.3, -0.25) is 4.79 Å². The molecule has 0 unspecified atom stereocenters. The second-order valence-electron chi connectivity index (χ2n) is 2.22. The van der Waals surface area contributed by atoms with E-state index in [0.717, 1.165) is 13.0 Å². The van der Waals surface area contributed by atoms with E-state index in [1.807, 2.05) is 0 Å². The van der Waals surface area contributed by atoms with E-state index >= 15 is 0 Å². The van der Waals surface area contributed by atoms with Crippen molar-refractivity contribution in [2.45, 2.75) is 18.9 Å². The molecule has 0 aromatic carbocycles. The molecule has 0 radical (unpaired) electrons. The summed E-state index contributed by atoms with van der Waals surface area (Å²) in [5.41, 5.74) is 0. The van der Waals surface area contributed by atoms with Crippen LogP contribution in [0.1, 0.15) is 12.8 Å². The van der Waals surface area contributed by atoms with Gasteiger partial charge < -0.3 is 10.1 Å². The molecule has 52 valence electrons. The minimum atomic E-state index is 0.412. The van der Waals surface area contributed by atoms with Crippen molar-refractivity contribution in [1.29, 1.82) is 0 Å². The van der Waals surface area contributed by atoms with Crippen molar-refractivity contribution in [3.63, 3.8) is 0 Å². The fourth-order valence-corrected chi connectivity index (χ4v) is 1.05. The number of carbonyl (C=O) groups excluding carboxylic acids is 1. The molecule has 0 bridgehead atoms. The maximum Gasteiger partial charge on any atom is 0.293 e. The Hall–Kier alpha value is -0.570. The molecule has 0 saturated carbocycles. The fourth-order valence-electron chi connectivity index (χ4n) is 1.05. The summed E-state index contributed by atoms with van der Waals surface area (Å²) in [5.74, 6) is 0. The largest absolute Gasteiger partial charge is 0.466 e. The van der Waals surface area contributed by atoms with Crippen LogP contribution in [0.4, 0.5) is 0 Å². The number of hydrogen-bond donors (Lipinski definition) is 1. The number of hydrogen-bond acceptors (Lipinski definition) is 3. The number of nitrogens with one attached hydrogen (secondary N) is 1. The zero-order valence-electron chi connectivity index (χ0n) is 5.30. The van der Waals surface area contributed by atoms with Gasteiger partial charge in [-0.25, -0.2) is 0 Å². The zero-order chi connectivity index (χ0) is 6.53. The molecule has 1 fully saturated rings. The van der Waals surface area contributed by atoms with Gasteiger partial charge in [-0.1, -0.05) is 0 Å². The summed E-state index contributed by atoms with van der Waals surface area (Å²) in [6, 6.07) is 0.412. The summed E-state index contributed by atoms with van der Waals surface area (Å²) in [6.45, 7) is 2.09. The molecular formula is C6H11NO2. The molecule has 1 saturated heterocycles. The van der Waals surface area contributed by atoms with Crippen LogP contribution in [0.15, 0.2) is 0 Å². The van der Waals surface area contributed by atoms with Crippen LogP contribution in [0.3, 0.4) is 0 Å². The zero-order valence-corrected chi connectivity index (χ0v) is 5.30. The molecule has 3 heteroatoms. The molecule has 1 rings (SSSR count). The molecule has 1 aliphatic rings. The highest BCUT2D eigenvalue weighted by molar-refractivity contribution is 5.36. The van der Waals surface area contributed by atoms with Gasteiger partial charge in [0, 0.05) is 6.04 Å². The first kappa shape index (κ1) is 6.55. The fraction of sp³-hybridized carbons (Fsp3) is 0.833. The van der Waals surface area contributed by atoms with Crippen LogP contribution in [0.5, 0.6) is 0 Å². The van der Waals surface area contributed by atoms with E-state index in [2.05, 4.69) is 10.1 Å². The third-order valence-electron chi connectivity index (χ3n) is 1.53. The Bertz CT molecular complexity index is 89.1. The topological polar surface area (TPSA) is 38.3 Å². The molecule has 3 nitrogen and oxygen atoms in total. The lowest BCUT2D eigenvalue weighted by Gasteiger charge is -2.06. The third kappa shape index (κ3) is 2.01. The van der Waals surface area contributed by atoms with Crippen LogP contribution >= 0.6 is 0 Å². The van der Waals surface area contributed by atoms with E-state index in [1.165, 1.54) is 6.42 Å². The van der Waals surface area contributed by atoms with Gasteiger partial charge in [-0.2, -0.15) is 0 Å². The smallest absolute Gasteiger partial charge is 0.293 e. The van der Waals surface area contributed by atoms with Gasteiger partial charge in [0.05, 0.1) is 0 Å². The van der Waals surface area contributed by atoms with Crippen molar-refractivity contribution < 1.29 is 9.53 Å². The Morgan fingerprint density at radius 2 is 2.67 bits per heavy atom. The predicted molar refractivity (Wildman–Crippen MR) is 33.0 cm³/mol. The quantitative estimate of drug-likeness (QED) is 0.541. The monoisotopic (exact) mass is 129 g/mol. The molecule has 9 heavy (non-hydrogen) atoms. The lowest BCUT2D eigenvalue weighted by atomic mass is 10.2. The van der Waals surface area contributed by atoms with E-state index in [-0.39, 0.29) is 0 Å². The van der Waals surface area contributed by atoms with Crippen molar-refractivity contribution in [3.05, 3.63) is 0 Å². The highest BCUT2D eigenvalue weighted by atomic mass is 16.5. The van der Waals surface area contributed by atoms with Gasteiger partial charge >= 0.3 is 0 Å². The Morgan fingerprint density at radius 1 is 1.78 bits per heavy atom. The molecule has 0 amide bonds. The SMILES string of the molecule is O=COC[C@@H]1CCCN1. The number of rotatable bonds is 3. The van der Waals surface area contributed by atoms with Crippen LogP contribution in [-0.2, 0) is 9.53 Å². The molecule has 1 aliphatic heterocycles. The second-order valence-corrected chi connectivity index (χ2v) is 2.22. The molecule has 1 N–H and O–H groups in total. The van der Waals surface area contributed by atoms with Crippen molar-refractivity contribution in [1.82, 2.24) is 5.32 Å². The Morgan fingerprint density at radius 3 is 3.22 bits per heavy atom. The van der Waals surface area contributed by atoms with Crippen LogP contribution in [-0.4, -0.2) is 25.7 Å². The van der Waals surface area contributed by atoms with Crippen LogP contribution in [0.2, 0.25) is 0 Å². The average Bonchev–Trinajstić information content (AvgIpc) is 2.34. The van der Waals surface area contributed by atoms with Crippen LogP contribution in [0, 0.1) is 0 Å². The third-order valence-corrected chi connectivity index (χ3v) is 1.53. The minimum absolute atomic E-state index is 0.412. The summed E-state index contributed by atoms with van der Waals surface area (Å²) >= 11 is 0. The first-order valence-corrected chi connectivity index (χ1v) is 3.22. The van der Waals surface area contributed by atoms with E-state index in [1.54, 1.807) is 0 Å². The summed E-state index contributed by atoms with van der Waals surface area (Å²) in [5, 5.41) is 3.21. The van der Waals surface area contributed by atoms with Crippen molar-refractivity contribution >= 4 is 6.47 Å². The molecule has 1 heterocycles. The Labute approximate surface area is 54.4 Å². The first-order valence-electron chi connectivity index (χ1n) is 3.22. The highest BCUT2D eigenvalue weighted by Crippen LogP contribution is 2.03. The van der Waals surface area contributed by atoms with Gasteiger partial charge in [0.1, 0.15) is 6.61 Å². The maximum absolute atomic E-state index is 9.71. The van der Waals surface area contributed by atoms with E-state index < -0.39 is 0 Å². The number of ether oxygens (including phenoxy) is 1. The molecular weight excluding hydrogens is 118 g/mol. The van der Waals surface area contributed by atoms with Crippen LogP contribution < -0.4 is 5.32 Å². The van der Waals surface area contributed by atoms with E-state index in [4.69, 9.17) is 0 Å².